The number of amides is 2. The SMILES string of the molecule is COc1ccc(N(CCC(N)=O)CC(=O)NCc2ccccc2C)cc1. The van der Waals surface area contributed by atoms with E-state index in [9.17, 15) is 9.59 Å². The topological polar surface area (TPSA) is 84.7 Å². The Balaban J connectivity index is 2.01. The van der Waals surface area contributed by atoms with Gasteiger partial charge in [-0.3, -0.25) is 9.59 Å². The second-order valence-corrected chi connectivity index (χ2v) is 6.04. The van der Waals surface area contributed by atoms with Gasteiger partial charge in [0.2, 0.25) is 11.8 Å². The molecule has 138 valence electrons. The molecule has 0 aromatic heterocycles. The van der Waals surface area contributed by atoms with Gasteiger partial charge in [-0.2, -0.15) is 0 Å². The fourth-order valence-corrected chi connectivity index (χ4v) is 2.57. The number of benzene rings is 2. The van der Waals surface area contributed by atoms with E-state index in [1.54, 1.807) is 7.11 Å². The van der Waals surface area contributed by atoms with Crippen LogP contribution in [-0.4, -0.2) is 32.0 Å². The van der Waals surface area contributed by atoms with Crippen LogP contribution in [0.25, 0.3) is 0 Å². The van der Waals surface area contributed by atoms with Crippen LogP contribution in [0.5, 0.6) is 5.75 Å². The molecule has 0 radical (unpaired) electrons. The summed E-state index contributed by atoms with van der Waals surface area (Å²) in [6.07, 6.45) is 0.178. The summed E-state index contributed by atoms with van der Waals surface area (Å²) in [4.78, 5) is 25.4. The first-order valence-electron chi connectivity index (χ1n) is 8.48. The minimum Gasteiger partial charge on any atom is -0.497 e. The Hall–Kier alpha value is -3.02. The molecule has 2 rings (SSSR count). The zero-order valence-corrected chi connectivity index (χ0v) is 15.2. The smallest absolute Gasteiger partial charge is 0.239 e. The summed E-state index contributed by atoms with van der Waals surface area (Å²) >= 11 is 0. The lowest BCUT2D eigenvalue weighted by molar-refractivity contribution is -0.120. The standard InChI is InChI=1S/C20H25N3O3/c1-15-5-3-4-6-16(15)13-22-20(25)14-23(12-11-19(21)24)17-7-9-18(26-2)10-8-17/h3-10H,11-14H2,1-2H3,(H2,21,24)(H,22,25). The maximum Gasteiger partial charge on any atom is 0.239 e. The molecule has 0 bridgehead atoms. The van der Waals surface area contributed by atoms with Crippen molar-refractivity contribution in [1.29, 1.82) is 0 Å². The maximum absolute atomic E-state index is 12.4. The molecule has 6 heteroatoms. The van der Waals surface area contributed by atoms with Crippen LogP contribution < -0.4 is 20.7 Å². The van der Waals surface area contributed by atoms with E-state index in [0.29, 0.717) is 13.1 Å². The minimum atomic E-state index is -0.399. The van der Waals surface area contributed by atoms with E-state index in [2.05, 4.69) is 5.32 Å². The molecule has 0 fully saturated rings. The Morgan fingerprint density at radius 2 is 1.81 bits per heavy atom. The van der Waals surface area contributed by atoms with Crippen LogP contribution in [0.15, 0.2) is 48.5 Å². The van der Waals surface area contributed by atoms with Gasteiger partial charge in [-0.15, -0.1) is 0 Å². The summed E-state index contributed by atoms with van der Waals surface area (Å²) < 4.78 is 5.16. The van der Waals surface area contributed by atoms with Gasteiger partial charge in [-0.1, -0.05) is 24.3 Å². The third-order valence-electron chi connectivity index (χ3n) is 4.14. The summed E-state index contributed by atoms with van der Waals surface area (Å²) in [7, 11) is 1.60. The predicted molar refractivity (Wildman–Crippen MR) is 102 cm³/mol. The van der Waals surface area contributed by atoms with E-state index in [-0.39, 0.29) is 18.9 Å². The monoisotopic (exact) mass is 355 g/mol. The first-order chi connectivity index (χ1) is 12.5. The minimum absolute atomic E-state index is 0.117. The number of rotatable bonds is 9. The molecule has 0 atom stereocenters. The van der Waals surface area contributed by atoms with Crippen LogP contribution in [0.2, 0.25) is 0 Å². The molecule has 26 heavy (non-hydrogen) atoms. The molecule has 0 unspecified atom stereocenters. The normalized spacial score (nSPS) is 10.2. The molecular weight excluding hydrogens is 330 g/mol. The molecule has 0 saturated carbocycles. The predicted octanol–water partition coefficient (Wildman–Crippen LogP) is 2.00. The van der Waals surface area contributed by atoms with Crippen LogP contribution in [0.3, 0.4) is 0 Å². The van der Waals surface area contributed by atoms with Gasteiger partial charge in [0.05, 0.1) is 13.7 Å². The summed E-state index contributed by atoms with van der Waals surface area (Å²) in [5, 5.41) is 2.93. The summed E-state index contributed by atoms with van der Waals surface area (Å²) in [5.74, 6) is 0.213. The van der Waals surface area contributed by atoms with Gasteiger partial charge < -0.3 is 20.7 Å². The quantitative estimate of drug-likeness (QED) is 0.720. The number of nitrogens with zero attached hydrogens (tertiary/aromatic N) is 1. The average Bonchev–Trinajstić information content (AvgIpc) is 2.64. The number of carbonyl (C=O) groups excluding carboxylic acids is 2. The van der Waals surface area contributed by atoms with E-state index in [1.807, 2.05) is 60.4 Å². The first-order valence-corrected chi connectivity index (χ1v) is 8.48. The first kappa shape index (κ1) is 19.3. The van der Waals surface area contributed by atoms with E-state index < -0.39 is 5.91 Å². The molecule has 2 aromatic rings. The van der Waals surface area contributed by atoms with Gasteiger partial charge in [-0.05, 0) is 42.3 Å². The molecule has 0 aliphatic carbocycles. The number of primary amides is 1. The van der Waals surface area contributed by atoms with Gasteiger partial charge in [0.15, 0.2) is 0 Å². The fourth-order valence-electron chi connectivity index (χ4n) is 2.57. The maximum atomic E-state index is 12.4. The highest BCUT2D eigenvalue weighted by atomic mass is 16.5. The van der Waals surface area contributed by atoms with E-state index >= 15 is 0 Å². The number of methoxy groups -OCH3 is 1. The summed E-state index contributed by atoms with van der Waals surface area (Å²) in [6, 6.07) is 15.3. The Labute approximate surface area is 153 Å². The molecule has 2 aromatic carbocycles. The number of nitrogens with one attached hydrogen (secondary N) is 1. The molecule has 0 saturated heterocycles. The zero-order valence-electron chi connectivity index (χ0n) is 15.2. The van der Waals surface area contributed by atoms with Crippen molar-refractivity contribution in [2.75, 3.05) is 25.1 Å². The Bertz CT molecular complexity index is 744. The van der Waals surface area contributed by atoms with Gasteiger partial charge in [0.25, 0.3) is 0 Å². The molecule has 0 aliphatic rings. The summed E-state index contributed by atoms with van der Waals surface area (Å²) in [5.41, 5.74) is 8.30. The number of aryl methyl sites for hydroxylation is 1. The van der Waals surface area contributed by atoms with Crippen LogP contribution in [0.4, 0.5) is 5.69 Å². The van der Waals surface area contributed by atoms with E-state index in [0.717, 1.165) is 22.6 Å². The molecule has 0 aliphatic heterocycles. The second kappa shape index (κ2) is 9.46. The van der Waals surface area contributed by atoms with Gasteiger partial charge >= 0.3 is 0 Å². The Morgan fingerprint density at radius 3 is 2.42 bits per heavy atom. The van der Waals surface area contributed by atoms with Crippen molar-refractivity contribution in [3.05, 3.63) is 59.7 Å². The number of nitrogens with two attached hydrogens (primary N) is 1. The largest absolute Gasteiger partial charge is 0.497 e. The van der Waals surface area contributed by atoms with Crippen LogP contribution in [-0.2, 0) is 16.1 Å². The van der Waals surface area contributed by atoms with Crippen LogP contribution in [0.1, 0.15) is 17.5 Å². The van der Waals surface area contributed by atoms with Gasteiger partial charge in [0, 0.05) is 25.2 Å². The Kier molecular flexibility index (Phi) is 7.02. The van der Waals surface area contributed by atoms with Crippen LogP contribution in [0, 0.1) is 6.92 Å². The number of hydrogen-bond donors (Lipinski definition) is 2. The fraction of sp³-hybridized carbons (Fsp3) is 0.300. The van der Waals surface area contributed by atoms with Crippen molar-refractivity contribution >= 4 is 17.5 Å². The molecular formula is C20H25N3O3. The third kappa shape index (κ3) is 5.81. The number of anilines is 1. The third-order valence-corrected chi connectivity index (χ3v) is 4.14. The van der Waals surface area contributed by atoms with Crippen molar-refractivity contribution in [2.45, 2.75) is 19.9 Å². The molecule has 2 amide bonds. The molecule has 0 heterocycles. The Morgan fingerprint density at radius 1 is 1.12 bits per heavy atom. The summed E-state index contributed by atoms with van der Waals surface area (Å²) in [6.45, 7) is 3.00. The second-order valence-electron chi connectivity index (χ2n) is 6.04. The molecule has 0 spiro atoms. The number of carbonyl (C=O) groups is 2. The van der Waals surface area contributed by atoms with Crippen molar-refractivity contribution in [3.63, 3.8) is 0 Å². The molecule has 6 nitrogen and oxygen atoms in total. The van der Waals surface area contributed by atoms with Gasteiger partial charge in [-0.25, -0.2) is 0 Å². The zero-order chi connectivity index (χ0) is 18.9. The highest BCUT2D eigenvalue weighted by Gasteiger charge is 2.13. The molecule has 3 N–H and O–H groups in total. The lowest BCUT2D eigenvalue weighted by Crippen LogP contribution is -2.38. The van der Waals surface area contributed by atoms with Crippen molar-refractivity contribution in [2.24, 2.45) is 5.73 Å². The number of ether oxygens (including phenoxy) is 1. The van der Waals surface area contributed by atoms with Crippen LogP contribution >= 0.6 is 0 Å². The van der Waals surface area contributed by atoms with Gasteiger partial charge in [0.1, 0.15) is 5.75 Å². The van der Waals surface area contributed by atoms with Crippen molar-refractivity contribution in [3.8, 4) is 5.75 Å². The van der Waals surface area contributed by atoms with E-state index in [1.165, 1.54) is 0 Å². The van der Waals surface area contributed by atoms with E-state index in [4.69, 9.17) is 10.5 Å². The lowest BCUT2D eigenvalue weighted by Gasteiger charge is -2.24. The highest BCUT2D eigenvalue weighted by molar-refractivity contribution is 5.82. The number of hydrogen-bond acceptors (Lipinski definition) is 4. The van der Waals surface area contributed by atoms with Crippen molar-refractivity contribution in [1.82, 2.24) is 5.32 Å². The van der Waals surface area contributed by atoms with Crippen molar-refractivity contribution < 1.29 is 14.3 Å². The highest BCUT2D eigenvalue weighted by Crippen LogP contribution is 2.19. The lowest BCUT2D eigenvalue weighted by atomic mass is 10.1. The average molecular weight is 355 g/mol.